The van der Waals surface area contributed by atoms with E-state index in [4.69, 9.17) is 0 Å². The van der Waals surface area contributed by atoms with Gasteiger partial charge in [0.05, 0.1) is 6.54 Å². The first kappa shape index (κ1) is 10.0. The SMILES string of the molecule is O=c1sccn1Cc1cc(F)cc(F)c1. The van der Waals surface area contributed by atoms with E-state index in [-0.39, 0.29) is 11.4 Å². The molecule has 0 saturated carbocycles. The summed E-state index contributed by atoms with van der Waals surface area (Å²) in [6.07, 6.45) is 1.59. The molecule has 0 amide bonds. The van der Waals surface area contributed by atoms with Gasteiger partial charge < -0.3 is 4.57 Å². The van der Waals surface area contributed by atoms with E-state index in [2.05, 4.69) is 0 Å². The fourth-order valence-corrected chi connectivity index (χ4v) is 1.89. The largest absolute Gasteiger partial charge is 0.307 e. The molecule has 0 aliphatic carbocycles. The van der Waals surface area contributed by atoms with Crippen LogP contribution in [0.15, 0.2) is 34.6 Å². The van der Waals surface area contributed by atoms with Gasteiger partial charge in [0, 0.05) is 17.6 Å². The minimum Gasteiger partial charge on any atom is -0.302 e. The van der Waals surface area contributed by atoms with E-state index in [1.807, 2.05) is 0 Å². The van der Waals surface area contributed by atoms with E-state index in [0.29, 0.717) is 5.56 Å². The zero-order valence-corrected chi connectivity index (χ0v) is 8.43. The van der Waals surface area contributed by atoms with E-state index >= 15 is 0 Å². The molecule has 15 heavy (non-hydrogen) atoms. The van der Waals surface area contributed by atoms with Crippen LogP contribution in [0.25, 0.3) is 0 Å². The lowest BCUT2D eigenvalue weighted by molar-refractivity contribution is 0.577. The third-order valence-corrected chi connectivity index (χ3v) is 2.61. The molecule has 5 heteroatoms. The summed E-state index contributed by atoms with van der Waals surface area (Å²) >= 11 is 1.05. The van der Waals surface area contributed by atoms with Crippen molar-refractivity contribution in [1.29, 1.82) is 0 Å². The molecule has 78 valence electrons. The van der Waals surface area contributed by atoms with Crippen LogP contribution in [0.4, 0.5) is 8.78 Å². The predicted octanol–water partition coefficient (Wildman–Crippen LogP) is 2.24. The first-order valence-corrected chi connectivity index (χ1v) is 5.12. The molecule has 2 rings (SSSR count). The van der Waals surface area contributed by atoms with Crippen LogP contribution >= 0.6 is 11.3 Å². The Labute approximate surface area is 88.4 Å². The number of nitrogens with zero attached hydrogens (tertiary/aromatic N) is 1. The number of benzene rings is 1. The molecule has 1 aromatic carbocycles. The van der Waals surface area contributed by atoms with Crippen molar-refractivity contribution in [2.45, 2.75) is 6.54 Å². The zero-order chi connectivity index (χ0) is 10.8. The van der Waals surface area contributed by atoms with Gasteiger partial charge in [0.1, 0.15) is 11.6 Å². The molecule has 0 unspecified atom stereocenters. The molecule has 2 nitrogen and oxygen atoms in total. The summed E-state index contributed by atoms with van der Waals surface area (Å²) in [5.41, 5.74) is 0.438. The van der Waals surface area contributed by atoms with E-state index in [9.17, 15) is 13.6 Å². The molecule has 0 fully saturated rings. The quantitative estimate of drug-likeness (QED) is 0.771. The lowest BCUT2D eigenvalue weighted by Gasteiger charge is -2.02. The summed E-state index contributed by atoms with van der Waals surface area (Å²) in [4.78, 5) is 11.0. The normalized spacial score (nSPS) is 10.5. The summed E-state index contributed by atoms with van der Waals surface area (Å²) in [5, 5.41) is 1.64. The third-order valence-electron chi connectivity index (χ3n) is 1.92. The van der Waals surface area contributed by atoms with E-state index in [1.54, 1.807) is 11.6 Å². The fraction of sp³-hybridized carbons (Fsp3) is 0.100. The summed E-state index contributed by atoms with van der Waals surface area (Å²) in [5.74, 6) is -1.26. The molecular formula is C10H7F2NOS. The van der Waals surface area contributed by atoms with Crippen LogP contribution in [0.3, 0.4) is 0 Å². The molecule has 2 aromatic rings. The molecule has 0 spiro atoms. The molecule has 1 heterocycles. The predicted molar refractivity (Wildman–Crippen MR) is 54.0 cm³/mol. The average Bonchev–Trinajstić information content (AvgIpc) is 2.50. The van der Waals surface area contributed by atoms with Gasteiger partial charge in [-0.3, -0.25) is 4.79 Å². The Morgan fingerprint density at radius 1 is 1.20 bits per heavy atom. The van der Waals surface area contributed by atoms with Crippen LogP contribution in [-0.2, 0) is 6.54 Å². The molecule has 0 aliphatic rings. The van der Waals surface area contributed by atoms with Gasteiger partial charge >= 0.3 is 4.87 Å². The van der Waals surface area contributed by atoms with Gasteiger partial charge in [0.15, 0.2) is 0 Å². The molecular weight excluding hydrogens is 220 g/mol. The maximum absolute atomic E-state index is 12.8. The van der Waals surface area contributed by atoms with Crippen molar-refractivity contribution in [2.75, 3.05) is 0 Å². The van der Waals surface area contributed by atoms with Crippen LogP contribution in [-0.4, -0.2) is 4.57 Å². The standard InChI is InChI=1S/C10H7F2NOS/c11-8-3-7(4-9(12)5-8)6-13-1-2-15-10(13)14/h1-5H,6H2. The Morgan fingerprint density at radius 3 is 2.40 bits per heavy atom. The molecule has 0 aliphatic heterocycles. The van der Waals surface area contributed by atoms with Crippen LogP contribution in [0.5, 0.6) is 0 Å². The third kappa shape index (κ3) is 2.30. The second kappa shape index (κ2) is 3.94. The number of rotatable bonds is 2. The van der Waals surface area contributed by atoms with Gasteiger partial charge in [0.2, 0.25) is 0 Å². The number of hydrogen-bond donors (Lipinski definition) is 0. The number of aromatic nitrogens is 1. The highest BCUT2D eigenvalue weighted by Crippen LogP contribution is 2.09. The monoisotopic (exact) mass is 227 g/mol. The van der Waals surface area contributed by atoms with Gasteiger partial charge in [0.25, 0.3) is 0 Å². The summed E-state index contributed by atoms with van der Waals surface area (Å²) in [6.45, 7) is 0.191. The van der Waals surface area contributed by atoms with E-state index in [1.165, 1.54) is 16.7 Å². The van der Waals surface area contributed by atoms with Crippen molar-refractivity contribution >= 4 is 11.3 Å². The van der Waals surface area contributed by atoms with Crippen molar-refractivity contribution in [3.05, 3.63) is 56.6 Å². The molecule has 0 saturated heterocycles. The second-order valence-corrected chi connectivity index (χ2v) is 3.93. The minimum absolute atomic E-state index is 0.139. The Hall–Kier alpha value is -1.49. The van der Waals surface area contributed by atoms with Crippen molar-refractivity contribution < 1.29 is 8.78 Å². The smallest absolute Gasteiger partial charge is 0.302 e. The van der Waals surface area contributed by atoms with Crippen molar-refractivity contribution in [3.63, 3.8) is 0 Å². The van der Waals surface area contributed by atoms with Gasteiger partial charge in [-0.1, -0.05) is 11.3 Å². The molecule has 0 radical (unpaired) electrons. The maximum Gasteiger partial charge on any atom is 0.307 e. The summed E-state index contributed by atoms with van der Waals surface area (Å²) < 4.78 is 27.1. The first-order chi connectivity index (χ1) is 7.15. The Balaban J connectivity index is 2.32. The Morgan fingerprint density at radius 2 is 1.87 bits per heavy atom. The van der Waals surface area contributed by atoms with Crippen LogP contribution in [0.2, 0.25) is 0 Å². The average molecular weight is 227 g/mol. The van der Waals surface area contributed by atoms with Gasteiger partial charge in [-0.2, -0.15) is 0 Å². The van der Waals surface area contributed by atoms with Gasteiger partial charge in [-0.05, 0) is 17.7 Å². The van der Waals surface area contributed by atoms with E-state index in [0.717, 1.165) is 17.4 Å². The molecule has 0 bridgehead atoms. The number of thiazole rings is 1. The summed E-state index contributed by atoms with van der Waals surface area (Å²) in [7, 11) is 0. The first-order valence-electron chi connectivity index (χ1n) is 4.24. The number of halogens is 2. The van der Waals surface area contributed by atoms with E-state index < -0.39 is 11.6 Å². The zero-order valence-electron chi connectivity index (χ0n) is 7.61. The highest BCUT2D eigenvalue weighted by Gasteiger charge is 2.02. The fourth-order valence-electron chi connectivity index (χ4n) is 1.31. The van der Waals surface area contributed by atoms with Crippen molar-refractivity contribution in [3.8, 4) is 0 Å². The molecule has 0 atom stereocenters. The molecule has 0 N–H and O–H groups in total. The number of hydrogen-bond acceptors (Lipinski definition) is 2. The lowest BCUT2D eigenvalue weighted by Crippen LogP contribution is -2.12. The van der Waals surface area contributed by atoms with Crippen LogP contribution in [0, 0.1) is 11.6 Å². The lowest BCUT2D eigenvalue weighted by atomic mass is 10.2. The highest BCUT2D eigenvalue weighted by molar-refractivity contribution is 7.07. The maximum atomic E-state index is 12.8. The summed E-state index contributed by atoms with van der Waals surface area (Å²) in [6, 6.07) is 3.24. The topological polar surface area (TPSA) is 22.0 Å². The van der Waals surface area contributed by atoms with Crippen molar-refractivity contribution in [2.24, 2.45) is 0 Å². The molecule has 1 aromatic heterocycles. The Kier molecular flexibility index (Phi) is 2.64. The van der Waals surface area contributed by atoms with Crippen molar-refractivity contribution in [1.82, 2.24) is 4.57 Å². The Bertz CT molecular complexity index is 512. The van der Waals surface area contributed by atoms with Crippen LogP contribution in [0.1, 0.15) is 5.56 Å². The van der Waals surface area contributed by atoms with Crippen LogP contribution < -0.4 is 4.87 Å². The van der Waals surface area contributed by atoms with Gasteiger partial charge in [-0.25, -0.2) is 8.78 Å². The van der Waals surface area contributed by atoms with Gasteiger partial charge in [-0.15, -0.1) is 0 Å². The highest BCUT2D eigenvalue weighted by atomic mass is 32.1. The minimum atomic E-state index is -0.631. The second-order valence-electron chi connectivity index (χ2n) is 3.07.